The molecule has 166 valence electrons. The molecule has 0 atom stereocenters. The summed E-state index contributed by atoms with van der Waals surface area (Å²) in [6.07, 6.45) is 5.20. The maximum Gasteiger partial charge on any atom is 0.257 e. The predicted molar refractivity (Wildman–Crippen MR) is 109 cm³/mol. The highest BCUT2D eigenvalue weighted by molar-refractivity contribution is 5.95. The van der Waals surface area contributed by atoms with Gasteiger partial charge in [-0.1, -0.05) is 0 Å². The second-order valence-electron chi connectivity index (χ2n) is 7.61. The summed E-state index contributed by atoms with van der Waals surface area (Å²) in [5.41, 5.74) is -0.543. The second-order valence-corrected chi connectivity index (χ2v) is 7.61. The molecule has 2 fully saturated rings. The van der Waals surface area contributed by atoms with E-state index in [1.165, 1.54) is 11.3 Å². The van der Waals surface area contributed by atoms with Crippen LogP contribution in [-0.2, 0) is 0 Å². The highest BCUT2D eigenvalue weighted by Gasteiger charge is 2.29. The van der Waals surface area contributed by atoms with Crippen LogP contribution in [0, 0.1) is 17.5 Å². The quantitative estimate of drug-likeness (QED) is 0.689. The van der Waals surface area contributed by atoms with Gasteiger partial charge in [0.15, 0.2) is 17.4 Å². The molecule has 0 saturated carbocycles. The molecule has 0 radical (unpaired) electrons. The fourth-order valence-corrected chi connectivity index (χ4v) is 3.99. The van der Waals surface area contributed by atoms with Crippen LogP contribution in [0.25, 0.3) is 0 Å². The molecule has 0 unspecified atom stereocenters. The molecular formula is C21H24F3N5O2. The summed E-state index contributed by atoms with van der Waals surface area (Å²) in [7, 11) is 1.02. The zero-order valence-corrected chi connectivity index (χ0v) is 17.3. The van der Waals surface area contributed by atoms with Gasteiger partial charge in [-0.15, -0.1) is 0 Å². The molecule has 1 amide bonds. The molecule has 0 aliphatic carbocycles. The first-order valence-corrected chi connectivity index (χ1v) is 10.3. The first kappa shape index (κ1) is 21.2. The molecule has 3 heterocycles. The van der Waals surface area contributed by atoms with E-state index in [1.54, 1.807) is 6.20 Å². The summed E-state index contributed by atoms with van der Waals surface area (Å²) in [5.74, 6) is -4.11. The van der Waals surface area contributed by atoms with Crippen LogP contribution in [0.5, 0.6) is 5.75 Å². The van der Waals surface area contributed by atoms with Crippen LogP contribution in [-0.4, -0.2) is 67.2 Å². The summed E-state index contributed by atoms with van der Waals surface area (Å²) in [5, 5.41) is 0. The van der Waals surface area contributed by atoms with E-state index in [1.807, 2.05) is 11.0 Å². The predicted octanol–water partition coefficient (Wildman–Crippen LogP) is 2.86. The Kier molecular flexibility index (Phi) is 6.15. The van der Waals surface area contributed by atoms with Gasteiger partial charge in [0.1, 0.15) is 5.82 Å². The standard InChI is InChI=1S/C21H24F3N5O2/c1-31-19-17(23)14(13-15(22)18(19)24)20(30)28-11-9-27(10-12-28)16-5-6-25-21(26-16)29-7-3-2-4-8-29/h5-6,13H,2-4,7-12H2,1H3. The molecule has 0 bridgehead atoms. The molecule has 2 aliphatic rings. The van der Waals surface area contributed by atoms with Gasteiger partial charge in [0.2, 0.25) is 11.8 Å². The number of piperidine rings is 1. The number of amides is 1. The van der Waals surface area contributed by atoms with Gasteiger partial charge < -0.3 is 19.4 Å². The molecule has 2 aliphatic heterocycles. The van der Waals surface area contributed by atoms with Crippen molar-refractivity contribution in [3.05, 3.63) is 41.3 Å². The Morgan fingerprint density at radius 1 is 0.968 bits per heavy atom. The summed E-state index contributed by atoms with van der Waals surface area (Å²) in [6, 6.07) is 2.40. The number of carbonyl (C=O) groups is 1. The van der Waals surface area contributed by atoms with Gasteiger partial charge in [-0.05, 0) is 31.4 Å². The number of carbonyl (C=O) groups excluding carboxylic acids is 1. The summed E-state index contributed by atoms with van der Waals surface area (Å²) >= 11 is 0. The van der Waals surface area contributed by atoms with Crippen LogP contribution in [0.1, 0.15) is 29.6 Å². The highest BCUT2D eigenvalue weighted by Crippen LogP contribution is 2.28. The van der Waals surface area contributed by atoms with Gasteiger partial charge in [0.05, 0.1) is 12.7 Å². The Morgan fingerprint density at radius 3 is 2.35 bits per heavy atom. The Bertz CT molecular complexity index is 960. The van der Waals surface area contributed by atoms with Crippen molar-refractivity contribution in [1.82, 2.24) is 14.9 Å². The normalized spacial score (nSPS) is 17.1. The van der Waals surface area contributed by atoms with E-state index >= 15 is 0 Å². The lowest BCUT2D eigenvalue weighted by atomic mass is 10.1. The summed E-state index contributed by atoms with van der Waals surface area (Å²) < 4.78 is 46.5. The number of hydrogen-bond donors (Lipinski definition) is 0. The van der Waals surface area contributed by atoms with E-state index in [2.05, 4.69) is 19.6 Å². The van der Waals surface area contributed by atoms with Gasteiger partial charge in [0.25, 0.3) is 5.91 Å². The monoisotopic (exact) mass is 435 g/mol. The van der Waals surface area contributed by atoms with Crippen LogP contribution < -0.4 is 14.5 Å². The highest BCUT2D eigenvalue weighted by atomic mass is 19.2. The van der Waals surface area contributed by atoms with E-state index < -0.39 is 34.7 Å². The number of ether oxygens (including phenoxy) is 1. The van der Waals surface area contributed by atoms with Crippen LogP contribution in [0.15, 0.2) is 18.3 Å². The molecule has 4 rings (SSSR count). The van der Waals surface area contributed by atoms with Gasteiger partial charge in [0, 0.05) is 45.5 Å². The average Bonchev–Trinajstić information content (AvgIpc) is 2.82. The van der Waals surface area contributed by atoms with Crippen molar-refractivity contribution in [3.63, 3.8) is 0 Å². The third-order valence-corrected chi connectivity index (χ3v) is 5.71. The van der Waals surface area contributed by atoms with Crippen molar-refractivity contribution in [3.8, 4) is 5.75 Å². The van der Waals surface area contributed by atoms with Crippen LogP contribution >= 0.6 is 0 Å². The summed E-state index contributed by atoms with van der Waals surface area (Å²) in [4.78, 5) is 27.4. The fraction of sp³-hybridized carbons (Fsp3) is 0.476. The minimum absolute atomic E-state index is 0.294. The van der Waals surface area contributed by atoms with Gasteiger partial charge in [-0.25, -0.2) is 13.8 Å². The number of anilines is 2. The minimum atomic E-state index is -1.45. The van der Waals surface area contributed by atoms with E-state index in [0.29, 0.717) is 38.2 Å². The van der Waals surface area contributed by atoms with Crippen molar-refractivity contribution < 1.29 is 22.7 Å². The first-order valence-electron chi connectivity index (χ1n) is 10.3. The Hall–Kier alpha value is -3.04. The zero-order chi connectivity index (χ0) is 22.0. The largest absolute Gasteiger partial charge is 0.491 e. The summed E-state index contributed by atoms with van der Waals surface area (Å²) in [6.45, 7) is 3.42. The lowest BCUT2D eigenvalue weighted by Gasteiger charge is -2.36. The molecule has 1 aromatic carbocycles. The number of piperazine rings is 1. The number of methoxy groups -OCH3 is 1. The Balaban J connectivity index is 1.45. The smallest absolute Gasteiger partial charge is 0.257 e. The molecule has 2 aromatic rings. The van der Waals surface area contributed by atoms with Crippen LogP contribution in [0.4, 0.5) is 24.9 Å². The zero-order valence-electron chi connectivity index (χ0n) is 17.3. The SMILES string of the molecule is COc1c(F)c(F)cc(C(=O)N2CCN(c3ccnc(N4CCCCC4)n3)CC2)c1F. The second kappa shape index (κ2) is 8.99. The Labute approximate surface area is 178 Å². The van der Waals surface area contributed by atoms with Gasteiger partial charge in [-0.2, -0.15) is 9.37 Å². The van der Waals surface area contributed by atoms with Crippen molar-refractivity contribution in [2.24, 2.45) is 0 Å². The first-order chi connectivity index (χ1) is 15.0. The van der Waals surface area contributed by atoms with Crippen molar-refractivity contribution >= 4 is 17.7 Å². The number of nitrogens with zero attached hydrogens (tertiary/aromatic N) is 5. The van der Waals surface area contributed by atoms with E-state index in [9.17, 15) is 18.0 Å². The number of halogens is 3. The number of benzene rings is 1. The van der Waals surface area contributed by atoms with Crippen LogP contribution in [0.2, 0.25) is 0 Å². The van der Waals surface area contributed by atoms with E-state index in [0.717, 1.165) is 38.9 Å². The van der Waals surface area contributed by atoms with Gasteiger partial charge in [-0.3, -0.25) is 4.79 Å². The molecule has 10 heteroatoms. The maximum absolute atomic E-state index is 14.5. The third-order valence-electron chi connectivity index (χ3n) is 5.71. The molecular weight excluding hydrogens is 411 g/mol. The molecule has 0 spiro atoms. The molecule has 7 nitrogen and oxygen atoms in total. The minimum Gasteiger partial charge on any atom is -0.491 e. The van der Waals surface area contributed by atoms with Crippen LogP contribution in [0.3, 0.4) is 0 Å². The molecule has 2 saturated heterocycles. The topological polar surface area (TPSA) is 61.8 Å². The average molecular weight is 435 g/mol. The van der Waals surface area contributed by atoms with Crippen molar-refractivity contribution in [2.75, 3.05) is 56.2 Å². The number of hydrogen-bond acceptors (Lipinski definition) is 6. The van der Waals surface area contributed by atoms with E-state index in [4.69, 9.17) is 0 Å². The number of aromatic nitrogens is 2. The van der Waals surface area contributed by atoms with Gasteiger partial charge >= 0.3 is 0 Å². The van der Waals surface area contributed by atoms with Crippen molar-refractivity contribution in [2.45, 2.75) is 19.3 Å². The lowest BCUT2D eigenvalue weighted by molar-refractivity contribution is 0.0740. The van der Waals surface area contributed by atoms with E-state index in [-0.39, 0.29) is 0 Å². The molecule has 31 heavy (non-hydrogen) atoms. The molecule has 0 N–H and O–H groups in total. The maximum atomic E-state index is 14.5. The number of rotatable bonds is 4. The Morgan fingerprint density at radius 2 is 1.68 bits per heavy atom. The van der Waals surface area contributed by atoms with Crippen molar-refractivity contribution in [1.29, 1.82) is 0 Å². The third kappa shape index (κ3) is 4.24. The molecule has 1 aromatic heterocycles. The fourth-order valence-electron chi connectivity index (χ4n) is 3.99. The lowest BCUT2D eigenvalue weighted by Crippen LogP contribution is -2.49.